The van der Waals surface area contributed by atoms with Crippen molar-refractivity contribution in [1.29, 1.82) is 0 Å². The van der Waals surface area contributed by atoms with E-state index in [4.69, 9.17) is 4.74 Å². The van der Waals surface area contributed by atoms with Gasteiger partial charge in [0.2, 0.25) is 0 Å². The topological polar surface area (TPSA) is 64.4 Å². The number of ether oxygens (including phenoxy) is 1. The smallest absolute Gasteiger partial charge is 0.333 e. The molecule has 0 heterocycles. The molecule has 0 aliphatic heterocycles. The van der Waals surface area contributed by atoms with Crippen molar-refractivity contribution in [1.82, 2.24) is 0 Å². The average molecular weight is 266 g/mol. The highest BCUT2D eigenvalue weighted by atomic mass is 16.6. The van der Waals surface area contributed by atoms with Gasteiger partial charge in [-0.1, -0.05) is 19.9 Å². The molecular formula is C14H22N2O3. The standard InChI is InChI=1S/C14H22N2O3/c1-5-10-15-11-8-7-9-12(13(11)16(17)18)19-14(3,4)6-2/h7-9,15H,5-6,10H2,1-4H3. The highest BCUT2D eigenvalue weighted by Crippen LogP contribution is 2.37. The molecule has 1 rings (SSSR count). The van der Waals surface area contributed by atoms with Crippen LogP contribution in [0.5, 0.6) is 5.75 Å². The van der Waals surface area contributed by atoms with Crippen molar-refractivity contribution in [3.05, 3.63) is 28.3 Å². The van der Waals surface area contributed by atoms with Crippen LogP contribution in [0.15, 0.2) is 18.2 Å². The second-order valence-electron chi connectivity index (χ2n) is 5.05. The van der Waals surface area contributed by atoms with E-state index in [0.717, 1.165) is 12.8 Å². The summed E-state index contributed by atoms with van der Waals surface area (Å²) in [5, 5.41) is 14.3. The zero-order valence-corrected chi connectivity index (χ0v) is 12.0. The van der Waals surface area contributed by atoms with Crippen molar-refractivity contribution >= 4 is 11.4 Å². The predicted molar refractivity (Wildman–Crippen MR) is 76.9 cm³/mol. The van der Waals surface area contributed by atoms with Crippen LogP contribution in [0.3, 0.4) is 0 Å². The molecule has 106 valence electrons. The Morgan fingerprint density at radius 1 is 1.37 bits per heavy atom. The number of hydrogen-bond donors (Lipinski definition) is 1. The minimum Gasteiger partial charge on any atom is -0.481 e. The first-order valence-electron chi connectivity index (χ1n) is 6.61. The number of anilines is 1. The molecule has 0 atom stereocenters. The number of hydrogen-bond acceptors (Lipinski definition) is 4. The molecule has 1 aromatic carbocycles. The molecule has 0 amide bonds. The summed E-state index contributed by atoms with van der Waals surface area (Å²) in [6.45, 7) is 8.54. The normalized spacial score (nSPS) is 11.2. The molecule has 1 aromatic rings. The third-order valence-electron chi connectivity index (χ3n) is 2.98. The summed E-state index contributed by atoms with van der Waals surface area (Å²) >= 11 is 0. The first-order valence-corrected chi connectivity index (χ1v) is 6.61. The molecule has 0 unspecified atom stereocenters. The molecule has 0 aromatic heterocycles. The van der Waals surface area contributed by atoms with E-state index < -0.39 is 5.60 Å². The molecule has 19 heavy (non-hydrogen) atoms. The minimum atomic E-state index is -0.422. The van der Waals surface area contributed by atoms with E-state index >= 15 is 0 Å². The molecule has 0 fully saturated rings. The van der Waals surface area contributed by atoms with Gasteiger partial charge in [-0.2, -0.15) is 0 Å². The van der Waals surface area contributed by atoms with Gasteiger partial charge in [0.15, 0.2) is 5.75 Å². The first kappa shape index (κ1) is 15.3. The van der Waals surface area contributed by atoms with Crippen molar-refractivity contribution in [3.63, 3.8) is 0 Å². The lowest BCUT2D eigenvalue weighted by atomic mass is 10.1. The largest absolute Gasteiger partial charge is 0.481 e. The first-order chi connectivity index (χ1) is 8.91. The number of nitro benzene ring substituents is 1. The van der Waals surface area contributed by atoms with E-state index in [0.29, 0.717) is 18.0 Å². The third kappa shape index (κ3) is 4.12. The highest BCUT2D eigenvalue weighted by molar-refractivity contribution is 5.68. The lowest BCUT2D eigenvalue weighted by Crippen LogP contribution is -2.27. The third-order valence-corrected chi connectivity index (χ3v) is 2.98. The van der Waals surface area contributed by atoms with Gasteiger partial charge in [-0.25, -0.2) is 0 Å². The van der Waals surface area contributed by atoms with Gasteiger partial charge in [0.1, 0.15) is 11.3 Å². The molecule has 5 heteroatoms. The quantitative estimate of drug-likeness (QED) is 0.598. The van der Waals surface area contributed by atoms with Crippen LogP contribution in [0.4, 0.5) is 11.4 Å². The maximum atomic E-state index is 11.3. The molecule has 0 saturated heterocycles. The predicted octanol–water partition coefficient (Wildman–Crippen LogP) is 3.98. The molecule has 0 aliphatic carbocycles. The van der Waals surface area contributed by atoms with Gasteiger partial charge in [-0.05, 0) is 38.8 Å². The minimum absolute atomic E-state index is 0.0116. The van der Waals surface area contributed by atoms with Crippen molar-refractivity contribution in [2.45, 2.75) is 46.1 Å². The van der Waals surface area contributed by atoms with Crippen LogP contribution >= 0.6 is 0 Å². The summed E-state index contributed by atoms with van der Waals surface area (Å²) in [4.78, 5) is 10.9. The Balaban J connectivity index is 3.13. The number of nitrogens with zero attached hydrogens (tertiary/aromatic N) is 1. The summed E-state index contributed by atoms with van der Waals surface area (Å²) in [5.41, 5.74) is 0.0995. The van der Waals surface area contributed by atoms with Gasteiger partial charge < -0.3 is 10.1 Å². The van der Waals surface area contributed by atoms with Crippen LogP contribution in [0, 0.1) is 10.1 Å². The van der Waals surface area contributed by atoms with Crippen LogP contribution in [0.2, 0.25) is 0 Å². The maximum absolute atomic E-state index is 11.3. The zero-order valence-electron chi connectivity index (χ0n) is 12.0. The van der Waals surface area contributed by atoms with Gasteiger partial charge >= 0.3 is 5.69 Å². The fourth-order valence-electron chi connectivity index (χ4n) is 1.57. The van der Waals surface area contributed by atoms with Crippen LogP contribution < -0.4 is 10.1 Å². The Hall–Kier alpha value is -1.78. The molecule has 0 bridgehead atoms. The van der Waals surface area contributed by atoms with E-state index in [1.165, 1.54) is 0 Å². The molecule has 0 radical (unpaired) electrons. The zero-order chi connectivity index (χ0) is 14.5. The van der Waals surface area contributed by atoms with Crippen LogP contribution in [-0.2, 0) is 0 Å². The van der Waals surface area contributed by atoms with E-state index in [1.807, 2.05) is 27.7 Å². The van der Waals surface area contributed by atoms with Gasteiger partial charge in [0.05, 0.1) is 4.92 Å². The average Bonchev–Trinajstić information content (AvgIpc) is 2.35. The van der Waals surface area contributed by atoms with Crippen LogP contribution in [0.25, 0.3) is 0 Å². The number of nitrogens with one attached hydrogen (secondary N) is 1. The van der Waals surface area contributed by atoms with Crippen LogP contribution in [0.1, 0.15) is 40.5 Å². The van der Waals surface area contributed by atoms with Crippen molar-refractivity contribution in [2.75, 3.05) is 11.9 Å². The molecule has 0 saturated carbocycles. The van der Waals surface area contributed by atoms with Gasteiger partial charge in [0, 0.05) is 6.54 Å². The van der Waals surface area contributed by atoms with Crippen molar-refractivity contribution < 1.29 is 9.66 Å². The van der Waals surface area contributed by atoms with Gasteiger partial charge in [0.25, 0.3) is 0 Å². The second kappa shape index (κ2) is 6.41. The molecular weight excluding hydrogens is 244 g/mol. The molecule has 0 spiro atoms. The summed E-state index contributed by atoms with van der Waals surface area (Å²) in [7, 11) is 0. The number of para-hydroxylation sites is 1. The van der Waals surface area contributed by atoms with E-state index in [-0.39, 0.29) is 10.6 Å². The van der Waals surface area contributed by atoms with Crippen molar-refractivity contribution in [2.24, 2.45) is 0 Å². The Kier molecular flexibility index (Phi) is 5.15. The Morgan fingerprint density at radius 3 is 2.58 bits per heavy atom. The molecule has 5 nitrogen and oxygen atoms in total. The number of rotatable bonds is 7. The van der Waals surface area contributed by atoms with Crippen molar-refractivity contribution in [3.8, 4) is 5.75 Å². The monoisotopic (exact) mass is 266 g/mol. The lowest BCUT2D eigenvalue weighted by molar-refractivity contribution is -0.385. The van der Waals surface area contributed by atoms with Crippen LogP contribution in [-0.4, -0.2) is 17.1 Å². The number of benzene rings is 1. The molecule has 1 N–H and O–H groups in total. The summed E-state index contributed by atoms with van der Waals surface area (Å²) in [6.07, 6.45) is 1.68. The Labute approximate surface area is 114 Å². The Bertz CT molecular complexity index is 444. The van der Waals surface area contributed by atoms with E-state index in [9.17, 15) is 10.1 Å². The maximum Gasteiger partial charge on any atom is 0.333 e. The fraction of sp³-hybridized carbons (Fsp3) is 0.571. The highest BCUT2D eigenvalue weighted by Gasteiger charge is 2.26. The SMILES string of the molecule is CCCNc1cccc(OC(C)(C)CC)c1[N+](=O)[O-]. The lowest BCUT2D eigenvalue weighted by Gasteiger charge is -2.25. The van der Waals surface area contributed by atoms with E-state index in [2.05, 4.69) is 5.32 Å². The second-order valence-corrected chi connectivity index (χ2v) is 5.05. The number of nitro groups is 1. The van der Waals surface area contributed by atoms with E-state index in [1.54, 1.807) is 18.2 Å². The fourth-order valence-corrected chi connectivity index (χ4v) is 1.57. The van der Waals surface area contributed by atoms with Gasteiger partial charge in [-0.15, -0.1) is 0 Å². The van der Waals surface area contributed by atoms with Gasteiger partial charge in [-0.3, -0.25) is 10.1 Å². The summed E-state index contributed by atoms with van der Waals surface area (Å²) in [5.74, 6) is 0.318. The Morgan fingerprint density at radius 2 is 2.05 bits per heavy atom. The summed E-state index contributed by atoms with van der Waals surface area (Å²) in [6, 6.07) is 5.12. The summed E-state index contributed by atoms with van der Waals surface area (Å²) < 4.78 is 5.78. The molecule has 0 aliphatic rings.